The van der Waals surface area contributed by atoms with Crippen LogP contribution in [0.15, 0.2) is 52.9 Å². The second-order valence-electron chi connectivity index (χ2n) is 7.68. The minimum atomic E-state index is -4.40. The van der Waals surface area contributed by atoms with E-state index < -0.39 is 23.2 Å². The van der Waals surface area contributed by atoms with Crippen LogP contribution in [0.3, 0.4) is 0 Å². The predicted octanol–water partition coefficient (Wildman–Crippen LogP) is 5.39. The number of likely N-dealkylation sites (N-methyl/N-ethyl adjacent to an activating group) is 1. The van der Waals surface area contributed by atoms with Gasteiger partial charge in [0, 0.05) is 19.3 Å². The zero-order chi connectivity index (χ0) is 22.8. The quantitative estimate of drug-likeness (QED) is 0.541. The van der Waals surface area contributed by atoms with Crippen LogP contribution >= 0.6 is 0 Å². The molecule has 0 saturated carbocycles. The smallest absolute Gasteiger partial charge is 0.416 e. The van der Waals surface area contributed by atoms with Crippen molar-refractivity contribution in [2.45, 2.75) is 25.4 Å². The van der Waals surface area contributed by atoms with Gasteiger partial charge in [0.25, 0.3) is 0 Å². The van der Waals surface area contributed by atoms with Gasteiger partial charge in [-0.2, -0.15) is 13.2 Å². The Hall–Kier alpha value is -3.56. The first kappa shape index (κ1) is 22.1. The van der Waals surface area contributed by atoms with Gasteiger partial charge in [0.15, 0.2) is 0 Å². The summed E-state index contributed by atoms with van der Waals surface area (Å²) < 4.78 is 44.1. The SMILES string of the molecule is CN(CC(C)(C)c1nnc(-c2ccccc2Nc2ccc(C(F)(F)F)cc2)o1)C(=O)O. The Kier molecular flexibility index (Phi) is 5.92. The van der Waals surface area contributed by atoms with Crippen LogP contribution < -0.4 is 5.32 Å². The van der Waals surface area contributed by atoms with Crippen LogP contribution in [0.2, 0.25) is 0 Å². The van der Waals surface area contributed by atoms with Gasteiger partial charge < -0.3 is 19.7 Å². The lowest BCUT2D eigenvalue weighted by molar-refractivity contribution is -0.137. The first-order valence-electron chi connectivity index (χ1n) is 9.29. The second-order valence-corrected chi connectivity index (χ2v) is 7.68. The molecule has 3 rings (SSSR count). The molecule has 7 nitrogen and oxygen atoms in total. The summed E-state index contributed by atoms with van der Waals surface area (Å²) in [6.45, 7) is 3.72. The topological polar surface area (TPSA) is 91.5 Å². The van der Waals surface area contributed by atoms with Crippen LogP contribution in [0.4, 0.5) is 29.3 Å². The minimum Gasteiger partial charge on any atom is -0.465 e. The maximum absolute atomic E-state index is 12.8. The highest BCUT2D eigenvalue weighted by molar-refractivity contribution is 5.76. The van der Waals surface area contributed by atoms with E-state index in [1.54, 1.807) is 38.1 Å². The number of benzene rings is 2. The number of carbonyl (C=O) groups is 1. The first-order chi connectivity index (χ1) is 14.5. The highest BCUT2D eigenvalue weighted by atomic mass is 19.4. The summed E-state index contributed by atoms with van der Waals surface area (Å²) in [5.74, 6) is 0.469. The number of nitrogens with one attached hydrogen (secondary N) is 1. The molecule has 2 N–H and O–H groups in total. The number of nitrogens with zero attached hydrogens (tertiary/aromatic N) is 3. The van der Waals surface area contributed by atoms with E-state index in [0.29, 0.717) is 16.9 Å². The molecule has 1 aromatic heterocycles. The molecule has 0 fully saturated rings. The Balaban J connectivity index is 1.85. The van der Waals surface area contributed by atoms with E-state index >= 15 is 0 Å². The average molecular weight is 434 g/mol. The molecule has 1 heterocycles. The fraction of sp³-hybridized carbons (Fsp3) is 0.286. The van der Waals surface area contributed by atoms with Gasteiger partial charge in [-0.1, -0.05) is 12.1 Å². The van der Waals surface area contributed by atoms with Gasteiger partial charge in [0.2, 0.25) is 11.8 Å². The molecule has 0 bridgehead atoms. The van der Waals surface area contributed by atoms with E-state index in [1.165, 1.54) is 19.2 Å². The summed E-state index contributed by atoms with van der Waals surface area (Å²) in [5.41, 5.74) is 0.125. The van der Waals surface area contributed by atoms with Gasteiger partial charge >= 0.3 is 12.3 Å². The van der Waals surface area contributed by atoms with Gasteiger partial charge in [-0.3, -0.25) is 0 Å². The molecule has 0 aliphatic heterocycles. The number of halogens is 3. The predicted molar refractivity (Wildman–Crippen MR) is 108 cm³/mol. The lowest BCUT2D eigenvalue weighted by Crippen LogP contribution is -2.37. The van der Waals surface area contributed by atoms with Gasteiger partial charge in [-0.25, -0.2) is 4.79 Å². The molecule has 0 atom stereocenters. The average Bonchev–Trinajstić information content (AvgIpc) is 3.19. The van der Waals surface area contributed by atoms with Gasteiger partial charge in [-0.05, 0) is 50.2 Å². The molecule has 0 radical (unpaired) electrons. The van der Waals surface area contributed by atoms with E-state index in [2.05, 4.69) is 15.5 Å². The van der Waals surface area contributed by atoms with Crippen molar-refractivity contribution in [2.24, 2.45) is 0 Å². The third-order valence-electron chi connectivity index (χ3n) is 4.61. The van der Waals surface area contributed by atoms with Crippen molar-refractivity contribution in [1.29, 1.82) is 0 Å². The molecule has 0 aliphatic carbocycles. The molecule has 31 heavy (non-hydrogen) atoms. The van der Waals surface area contributed by atoms with Gasteiger partial charge in [0.05, 0.1) is 22.2 Å². The molecule has 0 saturated heterocycles. The van der Waals surface area contributed by atoms with Crippen molar-refractivity contribution in [3.8, 4) is 11.5 Å². The number of aromatic nitrogens is 2. The van der Waals surface area contributed by atoms with E-state index in [0.717, 1.165) is 17.0 Å². The molecular weight excluding hydrogens is 413 g/mol. The molecule has 0 unspecified atom stereocenters. The normalized spacial score (nSPS) is 11.9. The minimum absolute atomic E-state index is 0.148. The fourth-order valence-electron chi connectivity index (χ4n) is 3.01. The van der Waals surface area contributed by atoms with E-state index in [-0.39, 0.29) is 18.3 Å². The number of carboxylic acid groups (broad SMARTS) is 1. The van der Waals surface area contributed by atoms with Gasteiger partial charge in [0.1, 0.15) is 0 Å². The summed E-state index contributed by atoms with van der Waals surface area (Å²) in [5, 5.41) is 20.3. The summed E-state index contributed by atoms with van der Waals surface area (Å²) in [4.78, 5) is 12.2. The number of hydrogen-bond acceptors (Lipinski definition) is 5. The van der Waals surface area contributed by atoms with Crippen LogP contribution in [-0.2, 0) is 11.6 Å². The lowest BCUT2D eigenvalue weighted by Gasteiger charge is -2.25. The highest BCUT2D eigenvalue weighted by Crippen LogP contribution is 2.34. The molecule has 0 spiro atoms. The molecule has 164 valence electrons. The van der Waals surface area contributed by atoms with E-state index in [9.17, 15) is 18.0 Å². The number of alkyl halides is 3. The van der Waals surface area contributed by atoms with E-state index in [4.69, 9.17) is 9.52 Å². The Morgan fingerprint density at radius 1 is 1.10 bits per heavy atom. The molecule has 1 amide bonds. The number of amides is 1. The van der Waals surface area contributed by atoms with Crippen LogP contribution in [0.25, 0.3) is 11.5 Å². The van der Waals surface area contributed by atoms with Crippen molar-refractivity contribution >= 4 is 17.5 Å². The Morgan fingerprint density at radius 3 is 2.35 bits per heavy atom. The summed E-state index contributed by atoms with van der Waals surface area (Å²) in [6.07, 6.45) is -5.48. The zero-order valence-electron chi connectivity index (χ0n) is 17.1. The largest absolute Gasteiger partial charge is 0.465 e. The Labute approximate surface area is 176 Å². The maximum Gasteiger partial charge on any atom is 0.416 e. The second kappa shape index (κ2) is 8.29. The number of para-hydroxylation sites is 1. The Morgan fingerprint density at radius 2 is 1.74 bits per heavy atom. The zero-order valence-corrected chi connectivity index (χ0v) is 17.1. The van der Waals surface area contributed by atoms with Crippen LogP contribution in [-0.4, -0.2) is 39.9 Å². The van der Waals surface area contributed by atoms with Crippen molar-refractivity contribution in [1.82, 2.24) is 15.1 Å². The number of hydrogen-bond donors (Lipinski definition) is 2. The standard InChI is InChI=1S/C21H21F3N4O3/c1-20(2,12-28(3)19(29)30)18-27-26-17(31-18)15-6-4-5-7-16(15)25-14-10-8-13(9-11-14)21(22,23)24/h4-11,25H,12H2,1-3H3,(H,29,30). The maximum atomic E-state index is 12.8. The van der Waals surface area contributed by atoms with Crippen LogP contribution in [0.5, 0.6) is 0 Å². The summed E-state index contributed by atoms with van der Waals surface area (Å²) in [6, 6.07) is 11.7. The van der Waals surface area contributed by atoms with Crippen LogP contribution in [0, 0.1) is 0 Å². The fourth-order valence-corrected chi connectivity index (χ4v) is 3.01. The summed E-state index contributed by atoms with van der Waals surface area (Å²) >= 11 is 0. The van der Waals surface area contributed by atoms with Crippen molar-refractivity contribution < 1.29 is 27.5 Å². The summed E-state index contributed by atoms with van der Waals surface area (Å²) in [7, 11) is 1.45. The molecular formula is C21H21F3N4O3. The Bertz CT molecular complexity index is 1060. The monoisotopic (exact) mass is 434 g/mol. The van der Waals surface area contributed by atoms with E-state index in [1.807, 2.05) is 0 Å². The van der Waals surface area contributed by atoms with Crippen molar-refractivity contribution in [2.75, 3.05) is 18.9 Å². The number of rotatable bonds is 6. The molecule has 10 heteroatoms. The lowest BCUT2D eigenvalue weighted by atomic mass is 9.93. The highest BCUT2D eigenvalue weighted by Gasteiger charge is 2.31. The van der Waals surface area contributed by atoms with Gasteiger partial charge in [-0.15, -0.1) is 10.2 Å². The van der Waals surface area contributed by atoms with Crippen molar-refractivity contribution in [3.63, 3.8) is 0 Å². The first-order valence-corrected chi connectivity index (χ1v) is 9.29. The molecule has 2 aromatic carbocycles. The molecule has 0 aliphatic rings. The van der Waals surface area contributed by atoms with Crippen molar-refractivity contribution in [3.05, 3.63) is 60.0 Å². The molecule has 3 aromatic rings. The number of anilines is 2. The third-order valence-corrected chi connectivity index (χ3v) is 4.61. The van der Waals surface area contributed by atoms with Crippen LogP contribution in [0.1, 0.15) is 25.3 Å². The third kappa shape index (κ3) is 5.14.